The number of hydrogen-bond acceptors (Lipinski definition) is 2. The molecule has 1 heterocycles. The van der Waals surface area contributed by atoms with Crippen LogP contribution in [0.1, 0.15) is 20.8 Å². The average Bonchev–Trinajstić information content (AvgIpc) is 2.77. The van der Waals surface area contributed by atoms with Crippen molar-refractivity contribution in [3.05, 3.63) is 24.3 Å². The summed E-state index contributed by atoms with van der Waals surface area (Å²) in [7, 11) is 0. The summed E-state index contributed by atoms with van der Waals surface area (Å²) in [6, 6.07) is 8.55. The van der Waals surface area contributed by atoms with Gasteiger partial charge in [-0.15, -0.1) is 4.37 Å². The molecule has 0 bridgehead atoms. The van der Waals surface area contributed by atoms with Gasteiger partial charge in [-0.05, 0) is 44.4 Å². The van der Waals surface area contributed by atoms with Crippen molar-refractivity contribution >= 4 is 27.4 Å². The molecule has 0 atom stereocenters. The van der Waals surface area contributed by atoms with E-state index in [1.165, 1.54) is 15.9 Å². The third kappa shape index (κ3) is 1.64. The Morgan fingerprint density at radius 1 is 1.06 bits per heavy atom. The average molecular weight is 235 g/mol. The second kappa shape index (κ2) is 4.52. The van der Waals surface area contributed by atoms with Gasteiger partial charge in [-0.3, -0.25) is 4.48 Å². The molecule has 0 aliphatic carbocycles. The number of benzene rings is 1. The molecule has 1 aromatic carbocycles. The highest BCUT2D eigenvalue weighted by Gasteiger charge is 2.29. The Labute approximate surface area is 101 Å². The van der Waals surface area contributed by atoms with Crippen LogP contribution >= 0.6 is 11.5 Å². The van der Waals surface area contributed by atoms with Gasteiger partial charge in [0, 0.05) is 0 Å². The van der Waals surface area contributed by atoms with Crippen molar-refractivity contribution < 1.29 is 0 Å². The Bertz CT molecular complexity index is 463. The van der Waals surface area contributed by atoms with Gasteiger partial charge < -0.3 is 0 Å². The van der Waals surface area contributed by atoms with Gasteiger partial charge in [0.15, 0.2) is 0 Å². The quantitative estimate of drug-likeness (QED) is 0.737. The highest BCUT2D eigenvalue weighted by molar-refractivity contribution is 7.13. The van der Waals surface area contributed by atoms with E-state index in [9.17, 15) is 0 Å². The second-order valence-corrected chi connectivity index (χ2v) is 4.90. The zero-order valence-corrected chi connectivity index (χ0v) is 11.0. The number of fused-ring (bicyclic) bond motifs is 1. The van der Waals surface area contributed by atoms with Crippen LogP contribution in [0.25, 0.3) is 10.1 Å². The van der Waals surface area contributed by atoms with Crippen LogP contribution in [0.3, 0.4) is 0 Å². The summed E-state index contributed by atoms with van der Waals surface area (Å²) in [6.07, 6.45) is 0. The van der Waals surface area contributed by atoms with Gasteiger partial charge >= 0.3 is 0 Å². The third-order valence-corrected chi connectivity index (χ3v) is 4.44. The summed E-state index contributed by atoms with van der Waals surface area (Å²) in [5, 5.41) is 1.33. The van der Waals surface area contributed by atoms with Crippen LogP contribution in [0.5, 0.6) is 0 Å². The number of hydrogen-bond donors (Lipinski definition) is 0. The monoisotopic (exact) mass is 235 g/mol. The Kier molecular flexibility index (Phi) is 3.26. The van der Waals surface area contributed by atoms with Crippen molar-refractivity contribution in [3.63, 3.8) is 0 Å². The van der Waals surface area contributed by atoms with E-state index in [2.05, 4.69) is 45.0 Å². The maximum Gasteiger partial charge on any atom is 0.247 e. The van der Waals surface area contributed by atoms with Crippen LogP contribution in [-0.2, 0) is 0 Å². The molecule has 0 fully saturated rings. The molecule has 0 radical (unpaired) electrons. The first kappa shape index (κ1) is 11.6. The van der Waals surface area contributed by atoms with E-state index in [0.717, 1.165) is 24.1 Å². The number of rotatable bonds is 4. The molecule has 16 heavy (non-hydrogen) atoms. The van der Waals surface area contributed by atoms with Crippen LogP contribution in [0.2, 0.25) is 0 Å². The van der Waals surface area contributed by atoms with Crippen molar-refractivity contribution in [3.8, 4) is 0 Å². The van der Waals surface area contributed by atoms with Gasteiger partial charge in [-0.1, -0.05) is 12.1 Å². The lowest BCUT2D eigenvalue weighted by atomic mass is 10.2. The van der Waals surface area contributed by atoms with Crippen molar-refractivity contribution in [1.82, 2.24) is 8.86 Å². The summed E-state index contributed by atoms with van der Waals surface area (Å²) in [6.45, 7) is 10.1. The minimum absolute atomic E-state index is 0.990. The zero-order chi connectivity index (χ0) is 11.6. The molecule has 3 heteroatoms. The fraction of sp³-hybridized carbons (Fsp3) is 0.462. The smallest absolute Gasteiger partial charge is 0.247 e. The van der Waals surface area contributed by atoms with Gasteiger partial charge in [0.05, 0.1) is 29.7 Å². The first-order chi connectivity index (χ1) is 7.77. The van der Waals surface area contributed by atoms with Crippen LogP contribution in [-0.4, -0.2) is 24.0 Å². The topological polar surface area (TPSA) is 12.9 Å². The molecule has 0 N–H and O–H groups in total. The first-order valence-electron chi connectivity index (χ1n) is 5.98. The number of nitrogens with zero attached hydrogens (tertiary/aromatic N) is 2. The second-order valence-electron chi connectivity index (χ2n) is 4.10. The summed E-state index contributed by atoms with van der Waals surface area (Å²) in [4.78, 5) is 0. The van der Waals surface area contributed by atoms with E-state index >= 15 is 0 Å². The fourth-order valence-corrected chi connectivity index (χ4v) is 3.19. The highest BCUT2D eigenvalue weighted by atomic mass is 32.1. The Balaban J connectivity index is 2.61. The van der Waals surface area contributed by atoms with E-state index in [1.807, 2.05) is 0 Å². The maximum atomic E-state index is 4.69. The molecule has 0 saturated carbocycles. The fourth-order valence-electron chi connectivity index (χ4n) is 2.33. The molecule has 0 unspecified atom stereocenters. The molecule has 0 aliphatic rings. The molecular formula is C13H19N2S+. The van der Waals surface area contributed by atoms with Gasteiger partial charge in [0.25, 0.3) is 0 Å². The molecule has 0 aliphatic heterocycles. The lowest BCUT2D eigenvalue weighted by molar-refractivity contribution is 0.312. The van der Waals surface area contributed by atoms with Crippen LogP contribution in [0, 0.1) is 0 Å². The molecule has 2 aromatic rings. The van der Waals surface area contributed by atoms with Gasteiger partial charge in [-0.25, -0.2) is 0 Å². The molecule has 0 amide bonds. The Morgan fingerprint density at radius 2 is 1.69 bits per heavy atom. The van der Waals surface area contributed by atoms with Gasteiger partial charge in [0.2, 0.25) is 5.82 Å². The van der Waals surface area contributed by atoms with Gasteiger partial charge in [-0.2, -0.15) is 0 Å². The molecule has 86 valence electrons. The van der Waals surface area contributed by atoms with E-state index < -0.39 is 0 Å². The Hall–Kier alpha value is -0.930. The molecule has 0 spiro atoms. The van der Waals surface area contributed by atoms with Crippen LogP contribution in [0.15, 0.2) is 24.3 Å². The summed E-state index contributed by atoms with van der Waals surface area (Å²) in [5.41, 5.74) is 0. The summed E-state index contributed by atoms with van der Waals surface area (Å²) < 4.78 is 6.99. The molecule has 1 aromatic heterocycles. The Morgan fingerprint density at radius 3 is 2.31 bits per heavy atom. The van der Waals surface area contributed by atoms with Crippen molar-refractivity contribution in [1.29, 1.82) is 0 Å². The van der Waals surface area contributed by atoms with E-state index in [1.54, 1.807) is 11.5 Å². The maximum absolute atomic E-state index is 4.69. The van der Waals surface area contributed by atoms with Crippen molar-refractivity contribution in [2.75, 3.05) is 19.6 Å². The van der Waals surface area contributed by atoms with Crippen LogP contribution in [0.4, 0.5) is 5.82 Å². The lowest BCUT2D eigenvalue weighted by Crippen LogP contribution is -2.49. The van der Waals surface area contributed by atoms with Crippen molar-refractivity contribution in [2.24, 2.45) is 0 Å². The predicted octanol–water partition coefficient (Wildman–Crippen LogP) is 3.66. The number of aromatic nitrogens is 1. The standard InChI is InChI=1S/C13H19N2S/c1-4-15(5-2,6-3)13-11-9-7-8-10-12(11)16-14-13/h7-10H,4-6H2,1-3H3/q+1. The molecular weight excluding hydrogens is 216 g/mol. The van der Waals surface area contributed by atoms with Gasteiger partial charge in [0.1, 0.15) is 0 Å². The predicted molar refractivity (Wildman–Crippen MR) is 73.0 cm³/mol. The lowest BCUT2D eigenvalue weighted by Gasteiger charge is -2.33. The van der Waals surface area contributed by atoms with Crippen LogP contribution < -0.4 is 4.48 Å². The van der Waals surface area contributed by atoms with E-state index in [-0.39, 0.29) is 0 Å². The zero-order valence-electron chi connectivity index (χ0n) is 10.2. The molecule has 2 rings (SSSR count). The minimum atomic E-state index is 0.990. The largest absolute Gasteiger partial charge is 0.274 e. The van der Waals surface area contributed by atoms with E-state index in [0.29, 0.717) is 0 Å². The third-order valence-electron chi connectivity index (χ3n) is 3.62. The molecule has 2 nitrogen and oxygen atoms in total. The van der Waals surface area contributed by atoms with Crippen molar-refractivity contribution in [2.45, 2.75) is 20.8 Å². The minimum Gasteiger partial charge on any atom is -0.274 e. The first-order valence-corrected chi connectivity index (χ1v) is 6.75. The van der Waals surface area contributed by atoms with E-state index in [4.69, 9.17) is 4.37 Å². The normalized spacial score (nSPS) is 12.2. The summed E-state index contributed by atoms with van der Waals surface area (Å²) >= 11 is 1.62. The summed E-state index contributed by atoms with van der Waals surface area (Å²) in [5.74, 6) is 1.26. The molecule has 0 saturated heterocycles. The SMILES string of the molecule is CC[N+](CC)(CC)c1nsc2ccccc12. The highest BCUT2D eigenvalue weighted by Crippen LogP contribution is 2.33. The number of quaternary nitrogens is 1.